The summed E-state index contributed by atoms with van der Waals surface area (Å²) in [5, 5.41) is 4.03. The van der Waals surface area contributed by atoms with Crippen molar-refractivity contribution < 1.29 is 0 Å². The molecule has 2 aromatic carbocycles. The Morgan fingerprint density at radius 1 is 0.882 bits per heavy atom. The zero-order chi connectivity index (χ0) is 12.3. The Labute approximate surface area is 109 Å². The molecule has 4 heteroatoms. The summed E-state index contributed by atoms with van der Waals surface area (Å²) in [4.78, 5) is 11.7. The van der Waals surface area contributed by atoms with Crippen LogP contribution in [0.25, 0.3) is 0 Å². The van der Waals surface area contributed by atoms with E-state index in [9.17, 15) is 4.79 Å². The van der Waals surface area contributed by atoms with Crippen LogP contribution in [0.4, 0.5) is 11.4 Å². The summed E-state index contributed by atoms with van der Waals surface area (Å²) < 4.78 is 0. The quantitative estimate of drug-likeness (QED) is 0.886. The van der Waals surface area contributed by atoms with E-state index in [2.05, 4.69) is 5.32 Å². The molecule has 0 aliphatic heterocycles. The van der Waals surface area contributed by atoms with Crippen LogP contribution in [0.5, 0.6) is 0 Å². The molecule has 2 aromatic rings. The van der Waals surface area contributed by atoms with E-state index >= 15 is 0 Å². The van der Waals surface area contributed by atoms with Crippen LogP contribution in [0.15, 0.2) is 53.3 Å². The van der Waals surface area contributed by atoms with Gasteiger partial charge in [0, 0.05) is 15.7 Å². The molecule has 2 nitrogen and oxygen atoms in total. The third kappa shape index (κ3) is 3.22. The highest BCUT2D eigenvalue weighted by Crippen LogP contribution is 2.24. The van der Waals surface area contributed by atoms with Crippen LogP contribution in [-0.2, 0) is 0 Å². The molecule has 0 radical (unpaired) electrons. The van der Waals surface area contributed by atoms with Gasteiger partial charge in [0.05, 0.1) is 5.69 Å². The zero-order valence-electron chi connectivity index (χ0n) is 8.78. The first kappa shape index (κ1) is 12.0. The van der Waals surface area contributed by atoms with Gasteiger partial charge in [-0.3, -0.25) is 4.79 Å². The van der Waals surface area contributed by atoms with Gasteiger partial charge in [0.1, 0.15) is 0 Å². The molecular weight excluding hydrogens is 257 g/mol. The van der Waals surface area contributed by atoms with Crippen LogP contribution in [0, 0.1) is 0 Å². The first-order chi connectivity index (χ1) is 8.15. The van der Waals surface area contributed by atoms with Crippen LogP contribution in [0.3, 0.4) is 0 Å². The lowest BCUT2D eigenvalue weighted by atomic mass is 10.3. The Kier molecular flexibility index (Phi) is 3.67. The van der Waals surface area contributed by atoms with Crippen molar-refractivity contribution >= 4 is 34.6 Å². The van der Waals surface area contributed by atoms with Crippen LogP contribution in [-0.4, -0.2) is 0 Å². The van der Waals surface area contributed by atoms with Crippen LogP contribution >= 0.6 is 23.2 Å². The molecule has 0 unspecified atom stereocenters. The lowest BCUT2D eigenvalue weighted by molar-refractivity contribution is 1.53. The number of rotatable bonds is 2. The minimum atomic E-state index is -0.0916. The van der Waals surface area contributed by atoms with Gasteiger partial charge in [-0.15, -0.1) is 0 Å². The summed E-state index contributed by atoms with van der Waals surface area (Å²) in [5.74, 6) is 0. The van der Waals surface area contributed by atoms with Gasteiger partial charge in [-0.1, -0.05) is 41.4 Å². The Hall–Kier alpha value is -1.51. The normalized spacial score (nSPS) is 10.0. The number of halogens is 2. The molecule has 0 spiro atoms. The number of benzene rings is 1. The minimum absolute atomic E-state index is 0.0916. The van der Waals surface area contributed by atoms with E-state index in [1.54, 1.807) is 42.5 Å². The van der Waals surface area contributed by atoms with Crippen LogP contribution < -0.4 is 10.7 Å². The molecule has 0 bridgehead atoms. The third-order valence-corrected chi connectivity index (χ3v) is 2.58. The van der Waals surface area contributed by atoms with E-state index < -0.39 is 0 Å². The van der Waals surface area contributed by atoms with E-state index in [0.29, 0.717) is 21.4 Å². The van der Waals surface area contributed by atoms with Crippen molar-refractivity contribution in [3.05, 3.63) is 68.8 Å². The summed E-state index contributed by atoms with van der Waals surface area (Å²) >= 11 is 11.8. The van der Waals surface area contributed by atoms with E-state index in [1.165, 1.54) is 6.07 Å². The molecule has 0 saturated carbocycles. The lowest BCUT2D eigenvalue weighted by Crippen LogP contribution is -2.03. The van der Waals surface area contributed by atoms with Crippen molar-refractivity contribution in [1.29, 1.82) is 0 Å². The van der Waals surface area contributed by atoms with Crippen molar-refractivity contribution in [2.75, 3.05) is 5.32 Å². The summed E-state index contributed by atoms with van der Waals surface area (Å²) in [7, 11) is 0. The number of nitrogens with one attached hydrogen (secondary N) is 1. The average molecular weight is 266 g/mol. The standard InChI is InChI=1S/C13H9Cl2NO/c14-9-6-10(15)8-11(7-9)16-12-4-2-1-3-5-13(12)17/h1-8H,(H,16,17). The molecule has 1 N–H and O–H groups in total. The Balaban J connectivity index is 2.39. The average Bonchev–Trinajstić information content (AvgIpc) is 2.43. The van der Waals surface area contributed by atoms with Crippen LogP contribution in [0.2, 0.25) is 10.0 Å². The Morgan fingerprint density at radius 2 is 1.53 bits per heavy atom. The summed E-state index contributed by atoms with van der Waals surface area (Å²) in [6, 6.07) is 13.5. The minimum Gasteiger partial charge on any atom is -0.352 e. The predicted octanol–water partition coefficient (Wildman–Crippen LogP) is 4.10. The molecule has 0 amide bonds. The van der Waals surface area contributed by atoms with E-state index in [-0.39, 0.29) is 5.43 Å². The van der Waals surface area contributed by atoms with Crippen molar-refractivity contribution in [2.24, 2.45) is 0 Å². The van der Waals surface area contributed by atoms with E-state index in [4.69, 9.17) is 23.2 Å². The fourth-order valence-corrected chi connectivity index (χ4v) is 1.94. The fourth-order valence-electron chi connectivity index (χ4n) is 1.42. The summed E-state index contributed by atoms with van der Waals surface area (Å²) in [6.07, 6.45) is 0. The van der Waals surface area contributed by atoms with Gasteiger partial charge < -0.3 is 5.32 Å². The van der Waals surface area contributed by atoms with Gasteiger partial charge in [-0.25, -0.2) is 0 Å². The highest BCUT2D eigenvalue weighted by Gasteiger charge is 2.00. The SMILES string of the molecule is O=c1cccccc1Nc1cc(Cl)cc(Cl)c1. The summed E-state index contributed by atoms with van der Waals surface area (Å²) in [6.45, 7) is 0. The fraction of sp³-hybridized carbons (Fsp3) is 0. The number of hydrogen-bond donors (Lipinski definition) is 1. The molecule has 0 aliphatic carbocycles. The molecule has 0 saturated heterocycles. The predicted molar refractivity (Wildman–Crippen MR) is 72.5 cm³/mol. The smallest absolute Gasteiger partial charge is 0.201 e. The molecule has 0 aliphatic rings. The van der Waals surface area contributed by atoms with Gasteiger partial charge in [0.2, 0.25) is 5.43 Å². The third-order valence-electron chi connectivity index (χ3n) is 2.14. The second-order valence-corrected chi connectivity index (χ2v) is 4.34. The van der Waals surface area contributed by atoms with E-state index in [1.807, 2.05) is 0 Å². The first-order valence-electron chi connectivity index (χ1n) is 4.97. The second-order valence-electron chi connectivity index (χ2n) is 3.47. The molecule has 0 fully saturated rings. The highest BCUT2D eigenvalue weighted by molar-refractivity contribution is 6.35. The largest absolute Gasteiger partial charge is 0.352 e. The topological polar surface area (TPSA) is 29.1 Å². The van der Waals surface area contributed by atoms with Gasteiger partial charge in [0.15, 0.2) is 0 Å². The lowest BCUT2D eigenvalue weighted by Gasteiger charge is -2.05. The molecule has 0 aromatic heterocycles. The Bertz CT molecular complexity index is 579. The van der Waals surface area contributed by atoms with Crippen LogP contribution in [0.1, 0.15) is 0 Å². The number of hydrogen-bond acceptors (Lipinski definition) is 2. The maximum Gasteiger partial charge on any atom is 0.201 e. The first-order valence-corrected chi connectivity index (χ1v) is 5.73. The Morgan fingerprint density at radius 3 is 2.24 bits per heavy atom. The summed E-state index contributed by atoms with van der Waals surface area (Å²) in [5.41, 5.74) is 1.07. The van der Waals surface area contributed by atoms with Crippen molar-refractivity contribution in [3.63, 3.8) is 0 Å². The van der Waals surface area contributed by atoms with Crippen molar-refractivity contribution in [2.45, 2.75) is 0 Å². The van der Waals surface area contributed by atoms with Gasteiger partial charge >= 0.3 is 0 Å². The van der Waals surface area contributed by atoms with Gasteiger partial charge in [0.25, 0.3) is 0 Å². The van der Waals surface area contributed by atoms with Crippen molar-refractivity contribution in [3.8, 4) is 0 Å². The molecule has 0 heterocycles. The number of anilines is 2. The monoisotopic (exact) mass is 265 g/mol. The second kappa shape index (κ2) is 5.21. The highest BCUT2D eigenvalue weighted by atomic mass is 35.5. The van der Waals surface area contributed by atoms with E-state index in [0.717, 1.165) is 0 Å². The maximum atomic E-state index is 11.7. The molecule has 86 valence electrons. The van der Waals surface area contributed by atoms with Crippen molar-refractivity contribution in [1.82, 2.24) is 0 Å². The molecular formula is C13H9Cl2NO. The molecule has 2 rings (SSSR count). The zero-order valence-corrected chi connectivity index (χ0v) is 10.3. The van der Waals surface area contributed by atoms with Gasteiger partial charge in [-0.2, -0.15) is 0 Å². The van der Waals surface area contributed by atoms with Gasteiger partial charge in [-0.05, 0) is 30.3 Å². The maximum absolute atomic E-state index is 11.7. The molecule has 17 heavy (non-hydrogen) atoms. The molecule has 0 atom stereocenters.